The number of hydrogen-bond donors (Lipinski definition) is 1. The molecule has 2 heterocycles. The van der Waals surface area contributed by atoms with Crippen LogP contribution in [0.25, 0.3) is 10.9 Å². The van der Waals surface area contributed by atoms with Crippen LogP contribution in [0.2, 0.25) is 10.0 Å². The van der Waals surface area contributed by atoms with Gasteiger partial charge in [-0.05, 0) is 18.2 Å². The molecule has 9 nitrogen and oxygen atoms in total. The molecule has 28 heavy (non-hydrogen) atoms. The lowest BCUT2D eigenvalue weighted by atomic mass is 10.0. The molecule has 1 atom stereocenters. The summed E-state index contributed by atoms with van der Waals surface area (Å²) in [5.41, 5.74) is -0.842. The number of ketones is 1. The molecule has 0 aliphatic rings. The van der Waals surface area contributed by atoms with Crippen molar-refractivity contribution in [2.45, 2.75) is 11.1 Å². The SMILES string of the molecule is CS(=O)(=O)c1ncc(Cl)c(C(=O)C(C#N)c2nc3ccc(Cl)cc3c(=O)[nH]2)n1. The lowest BCUT2D eigenvalue weighted by Crippen LogP contribution is -2.21. The molecule has 3 aromatic rings. The molecule has 0 amide bonds. The van der Waals surface area contributed by atoms with Gasteiger partial charge in [-0.2, -0.15) is 5.26 Å². The van der Waals surface area contributed by atoms with Crippen LogP contribution >= 0.6 is 23.2 Å². The van der Waals surface area contributed by atoms with E-state index in [1.54, 1.807) is 6.07 Å². The van der Waals surface area contributed by atoms with Crippen LogP contribution in [0.4, 0.5) is 0 Å². The molecule has 12 heteroatoms. The van der Waals surface area contributed by atoms with Crippen molar-refractivity contribution in [3.8, 4) is 6.07 Å². The summed E-state index contributed by atoms with van der Waals surface area (Å²) in [6.45, 7) is 0. The van der Waals surface area contributed by atoms with Gasteiger partial charge in [0.2, 0.25) is 20.8 Å². The average molecular weight is 438 g/mol. The summed E-state index contributed by atoms with van der Waals surface area (Å²) in [5, 5.41) is 9.12. The molecule has 0 spiro atoms. The highest BCUT2D eigenvalue weighted by atomic mass is 35.5. The van der Waals surface area contributed by atoms with Gasteiger partial charge in [0.1, 0.15) is 11.5 Å². The van der Waals surface area contributed by atoms with Crippen molar-refractivity contribution in [1.29, 1.82) is 5.26 Å². The maximum atomic E-state index is 12.8. The van der Waals surface area contributed by atoms with Crippen molar-refractivity contribution in [3.05, 3.63) is 56.3 Å². The number of halogens is 2. The van der Waals surface area contributed by atoms with E-state index in [2.05, 4.69) is 19.9 Å². The number of nitrogens with one attached hydrogen (secondary N) is 1. The van der Waals surface area contributed by atoms with Crippen LogP contribution in [-0.4, -0.2) is 40.4 Å². The molecule has 0 fully saturated rings. The molecule has 0 aliphatic carbocycles. The van der Waals surface area contributed by atoms with Crippen molar-refractivity contribution in [3.63, 3.8) is 0 Å². The quantitative estimate of drug-likeness (QED) is 0.480. The number of aromatic nitrogens is 4. The molecule has 0 saturated carbocycles. The first-order chi connectivity index (χ1) is 13.1. The Balaban J connectivity index is 2.14. The zero-order chi connectivity index (χ0) is 20.6. The van der Waals surface area contributed by atoms with Gasteiger partial charge in [-0.15, -0.1) is 0 Å². The monoisotopic (exact) mass is 437 g/mol. The number of carbonyl (C=O) groups excluding carboxylic acids is 1. The number of Topliss-reactive ketones (excluding diaryl/α,β-unsaturated/α-hetero) is 1. The zero-order valence-electron chi connectivity index (χ0n) is 14.0. The number of hydrogen-bond acceptors (Lipinski definition) is 8. The van der Waals surface area contributed by atoms with Gasteiger partial charge in [-0.1, -0.05) is 23.2 Å². The first kappa shape index (κ1) is 19.9. The lowest BCUT2D eigenvalue weighted by molar-refractivity contribution is 0.0970. The highest BCUT2D eigenvalue weighted by Gasteiger charge is 2.29. The number of nitrogens with zero attached hydrogens (tertiary/aromatic N) is 4. The van der Waals surface area contributed by atoms with Crippen LogP contribution in [0.3, 0.4) is 0 Å². The Morgan fingerprint density at radius 3 is 2.64 bits per heavy atom. The minimum Gasteiger partial charge on any atom is -0.308 e. The Morgan fingerprint density at radius 2 is 2.00 bits per heavy atom. The average Bonchev–Trinajstić information content (AvgIpc) is 2.62. The van der Waals surface area contributed by atoms with E-state index in [4.69, 9.17) is 23.2 Å². The largest absolute Gasteiger partial charge is 0.308 e. The summed E-state index contributed by atoms with van der Waals surface area (Å²) in [6.07, 6.45) is 1.81. The number of carbonyl (C=O) groups is 1. The number of fused-ring (bicyclic) bond motifs is 1. The van der Waals surface area contributed by atoms with Crippen molar-refractivity contribution in [2.24, 2.45) is 0 Å². The molecular formula is C16H9Cl2N5O4S. The Kier molecular flexibility index (Phi) is 5.16. The molecule has 142 valence electrons. The molecule has 3 rings (SSSR count). The van der Waals surface area contributed by atoms with Gasteiger partial charge in [-0.3, -0.25) is 9.59 Å². The van der Waals surface area contributed by atoms with Crippen molar-refractivity contribution < 1.29 is 13.2 Å². The zero-order valence-corrected chi connectivity index (χ0v) is 16.3. The Morgan fingerprint density at radius 1 is 1.29 bits per heavy atom. The topological polar surface area (TPSA) is 147 Å². The summed E-state index contributed by atoms with van der Waals surface area (Å²) < 4.78 is 23.3. The van der Waals surface area contributed by atoms with E-state index in [0.717, 1.165) is 12.5 Å². The van der Waals surface area contributed by atoms with Crippen LogP contribution in [0.15, 0.2) is 34.3 Å². The third-order valence-corrected chi connectivity index (χ3v) is 5.01. The maximum absolute atomic E-state index is 12.8. The Bertz CT molecular complexity index is 1330. The van der Waals surface area contributed by atoms with Crippen molar-refractivity contribution in [1.82, 2.24) is 19.9 Å². The predicted octanol–water partition coefficient (Wildman–Crippen LogP) is 1.91. The van der Waals surface area contributed by atoms with E-state index in [1.165, 1.54) is 18.2 Å². The van der Waals surface area contributed by atoms with Crippen molar-refractivity contribution in [2.75, 3.05) is 6.26 Å². The Hall–Kier alpha value is -2.87. The summed E-state index contributed by atoms with van der Waals surface area (Å²) in [7, 11) is -3.81. The van der Waals surface area contributed by atoms with E-state index >= 15 is 0 Å². The first-order valence-electron chi connectivity index (χ1n) is 7.47. The van der Waals surface area contributed by atoms with Gasteiger partial charge in [0.15, 0.2) is 5.92 Å². The molecule has 1 aromatic carbocycles. The molecule has 1 N–H and O–H groups in total. The van der Waals surface area contributed by atoms with Crippen LogP contribution < -0.4 is 5.56 Å². The second-order valence-electron chi connectivity index (χ2n) is 5.66. The fourth-order valence-electron chi connectivity index (χ4n) is 2.35. The lowest BCUT2D eigenvalue weighted by Gasteiger charge is -2.10. The van der Waals surface area contributed by atoms with Gasteiger partial charge in [0.05, 0.1) is 28.2 Å². The van der Waals surface area contributed by atoms with Gasteiger partial charge in [0.25, 0.3) is 5.56 Å². The number of rotatable bonds is 4. The molecule has 0 radical (unpaired) electrons. The number of aromatic amines is 1. The number of nitriles is 1. The molecule has 2 aromatic heterocycles. The summed E-state index contributed by atoms with van der Waals surface area (Å²) in [5.74, 6) is -2.74. The molecule has 0 saturated heterocycles. The van der Waals surface area contributed by atoms with Gasteiger partial charge < -0.3 is 4.98 Å². The number of benzene rings is 1. The maximum Gasteiger partial charge on any atom is 0.258 e. The van der Waals surface area contributed by atoms with E-state index in [1.807, 2.05) is 0 Å². The number of H-pyrrole nitrogens is 1. The van der Waals surface area contributed by atoms with Gasteiger partial charge >= 0.3 is 0 Å². The molecule has 0 bridgehead atoms. The third kappa shape index (κ3) is 3.73. The normalized spacial score (nSPS) is 12.5. The fourth-order valence-corrected chi connectivity index (χ4v) is 3.21. The fraction of sp³-hybridized carbons (Fsp3) is 0.125. The van der Waals surface area contributed by atoms with Gasteiger partial charge in [-0.25, -0.2) is 23.4 Å². The molecule has 1 unspecified atom stereocenters. The van der Waals surface area contributed by atoms with E-state index in [0.29, 0.717) is 5.02 Å². The van der Waals surface area contributed by atoms with Crippen LogP contribution in [0.5, 0.6) is 0 Å². The second-order valence-corrected chi connectivity index (χ2v) is 8.41. The van der Waals surface area contributed by atoms with Crippen LogP contribution in [-0.2, 0) is 9.84 Å². The van der Waals surface area contributed by atoms with Crippen molar-refractivity contribution >= 4 is 49.7 Å². The second kappa shape index (κ2) is 7.27. The summed E-state index contributed by atoms with van der Waals surface area (Å²) in [4.78, 5) is 38.8. The first-order valence-corrected chi connectivity index (χ1v) is 10.1. The van der Waals surface area contributed by atoms with E-state index in [9.17, 15) is 23.3 Å². The molecule has 0 aliphatic heterocycles. The Labute approximate surface area is 167 Å². The smallest absolute Gasteiger partial charge is 0.258 e. The standard InChI is InChI=1S/C16H9Cl2N5O4S/c1-28(26,27)16-20-6-10(18)12(22-16)13(24)9(5-19)14-21-11-3-2-7(17)4-8(11)15(25)23-14/h2-4,6,9H,1H3,(H,21,23,25). The predicted molar refractivity (Wildman–Crippen MR) is 100 cm³/mol. The molecular weight excluding hydrogens is 429 g/mol. The third-order valence-electron chi connectivity index (χ3n) is 3.64. The highest BCUT2D eigenvalue weighted by molar-refractivity contribution is 7.90. The van der Waals surface area contributed by atoms with E-state index in [-0.39, 0.29) is 21.7 Å². The minimum atomic E-state index is -3.81. The summed E-state index contributed by atoms with van der Waals surface area (Å²) in [6, 6.07) is 6.10. The van der Waals surface area contributed by atoms with Crippen LogP contribution in [0, 0.1) is 11.3 Å². The highest BCUT2D eigenvalue weighted by Crippen LogP contribution is 2.23. The van der Waals surface area contributed by atoms with Gasteiger partial charge in [0, 0.05) is 11.3 Å². The number of sulfone groups is 1. The van der Waals surface area contributed by atoms with E-state index < -0.39 is 37.9 Å². The van der Waals surface area contributed by atoms with Crippen LogP contribution in [0.1, 0.15) is 22.2 Å². The summed E-state index contributed by atoms with van der Waals surface area (Å²) >= 11 is 11.8. The minimum absolute atomic E-state index is 0.180.